The molecule has 6 heteroatoms. The zero-order valence-corrected chi connectivity index (χ0v) is 34.0. The number of nitrogens with zero attached hydrogens (tertiary/aromatic N) is 5. The molecule has 0 N–H and O–H groups in total. The van der Waals surface area contributed by atoms with E-state index in [2.05, 4.69) is 192 Å². The summed E-state index contributed by atoms with van der Waals surface area (Å²) in [6.45, 7) is 0. The van der Waals surface area contributed by atoms with Gasteiger partial charge >= 0.3 is 0 Å². The van der Waals surface area contributed by atoms with Crippen LogP contribution in [0.3, 0.4) is 0 Å². The molecule has 0 aliphatic heterocycles. The average Bonchev–Trinajstić information content (AvgIpc) is 3.88. The monoisotopic (exact) mass is 807 g/mol. The fraction of sp³-hybridized carbons (Fsp3) is 0. The maximum atomic E-state index is 5.40. The van der Waals surface area contributed by atoms with Crippen molar-refractivity contribution in [3.8, 4) is 51.0 Å². The number of thiophene rings is 1. The first kappa shape index (κ1) is 34.8. The van der Waals surface area contributed by atoms with Crippen LogP contribution in [0.1, 0.15) is 0 Å². The summed E-state index contributed by atoms with van der Waals surface area (Å²) >= 11 is 1.85. The Morgan fingerprint density at radius 3 is 1.89 bits per heavy atom. The molecule has 0 atom stereocenters. The van der Waals surface area contributed by atoms with Gasteiger partial charge in [-0.3, -0.25) is 9.55 Å². The number of hydrogen-bond donors (Lipinski definition) is 0. The van der Waals surface area contributed by atoms with Crippen LogP contribution in [-0.2, 0) is 0 Å². The predicted octanol–water partition coefficient (Wildman–Crippen LogP) is 14.9. The minimum Gasteiger partial charge on any atom is -0.277 e. The Kier molecular flexibility index (Phi) is 7.71. The summed E-state index contributed by atoms with van der Waals surface area (Å²) in [7, 11) is 0. The summed E-state index contributed by atoms with van der Waals surface area (Å²) in [6, 6.07) is 67.3. The van der Waals surface area contributed by atoms with Crippen molar-refractivity contribution in [2.75, 3.05) is 0 Å². The molecule has 62 heavy (non-hydrogen) atoms. The molecule has 4 aromatic heterocycles. The Hall–Kier alpha value is -8.06. The molecular formula is C56H33N5S. The molecule has 9 aromatic carbocycles. The zero-order valence-electron chi connectivity index (χ0n) is 33.2. The van der Waals surface area contributed by atoms with Crippen LogP contribution in [0, 0.1) is 0 Å². The third-order valence-corrected chi connectivity index (χ3v) is 13.4. The molecule has 0 unspecified atom stereocenters. The van der Waals surface area contributed by atoms with Gasteiger partial charge < -0.3 is 0 Å². The molecule has 0 fully saturated rings. The second kappa shape index (κ2) is 13.7. The van der Waals surface area contributed by atoms with Gasteiger partial charge in [0.15, 0.2) is 11.6 Å². The second-order valence-corrected chi connectivity index (χ2v) is 17.0. The van der Waals surface area contributed by atoms with Gasteiger partial charge in [0.1, 0.15) is 0 Å². The van der Waals surface area contributed by atoms with Gasteiger partial charge in [-0.25, -0.2) is 4.98 Å². The summed E-state index contributed by atoms with van der Waals surface area (Å²) in [6.07, 6.45) is 3.68. The lowest BCUT2D eigenvalue weighted by molar-refractivity contribution is 0.954. The van der Waals surface area contributed by atoms with Crippen molar-refractivity contribution in [3.63, 3.8) is 0 Å². The quantitative estimate of drug-likeness (QED) is 0.174. The Labute approximate surface area is 359 Å². The molecular weight excluding hydrogens is 775 g/mol. The molecule has 5 nitrogen and oxygen atoms in total. The van der Waals surface area contributed by atoms with E-state index < -0.39 is 0 Å². The van der Waals surface area contributed by atoms with Crippen molar-refractivity contribution in [2.24, 2.45) is 0 Å². The van der Waals surface area contributed by atoms with E-state index >= 15 is 0 Å². The molecule has 0 aliphatic carbocycles. The van der Waals surface area contributed by atoms with Crippen LogP contribution in [0.5, 0.6) is 0 Å². The molecule has 0 bridgehead atoms. The van der Waals surface area contributed by atoms with Gasteiger partial charge in [0.25, 0.3) is 0 Å². The highest BCUT2D eigenvalue weighted by atomic mass is 32.1. The standard InChI is InChI=1S/C56H33N5S/c1-2-11-38-29-42(23-20-34(38)9-1)55-58-54(37-21-18-35(19-22-37)43-14-8-28-57-33-43)59-56(60-55)61-49-31-40-13-4-3-12-39(40)30-48(49)46-17-7-16-45(53(46)61)41-24-26-47-51(32-41)62-50-27-25-36-10-5-6-15-44(36)52(47)50/h1-33H. The lowest BCUT2D eigenvalue weighted by Gasteiger charge is -2.14. The van der Waals surface area contributed by atoms with Crippen LogP contribution in [0.25, 0.3) is 125 Å². The fourth-order valence-corrected chi connectivity index (χ4v) is 10.5. The third kappa shape index (κ3) is 5.54. The van der Waals surface area contributed by atoms with E-state index in [1.165, 1.54) is 41.7 Å². The summed E-state index contributed by atoms with van der Waals surface area (Å²) in [5.74, 6) is 1.77. The molecule has 0 amide bonds. The maximum Gasteiger partial charge on any atom is 0.238 e. The van der Waals surface area contributed by atoms with Gasteiger partial charge in [-0.2, -0.15) is 9.97 Å². The van der Waals surface area contributed by atoms with Crippen LogP contribution in [0.4, 0.5) is 0 Å². The van der Waals surface area contributed by atoms with Gasteiger partial charge in [-0.15, -0.1) is 11.3 Å². The molecule has 13 aromatic rings. The lowest BCUT2D eigenvalue weighted by Crippen LogP contribution is -2.07. The molecule has 0 spiro atoms. The highest BCUT2D eigenvalue weighted by Gasteiger charge is 2.22. The van der Waals surface area contributed by atoms with E-state index in [9.17, 15) is 0 Å². The molecule has 4 heterocycles. The van der Waals surface area contributed by atoms with Crippen LogP contribution in [0.2, 0.25) is 0 Å². The number of para-hydroxylation sites is 1. The molecule has 0 aliphatic rings. The predicted molar refractivity (Wildman–Crippen MR) is 259 cm³/mol. The van der Waals surface area contributed by atoms with Gasteiger partial charge in [0.05, 0.1) is 11.0 Å². The summed E-state index contributed by atoms with van der Waals surface area (Å²) in [4.78, 5) is 20.4. The van der Waals surface area contributed by atoms with E-state index in [4.69, 9.17) is 15.0 Å². The largest absolute Gasteiger partial charge is 0.277 e. The highest BCUT2D eigenvalue weighted by Crippen LogP contribution is 2.43. The molecule has 0 saturated carbocycles. The topological polar surface area (TPSA) is 56.5 Å². The molecule has 288 valence electrons. The van der Waals surface area contributed by atoms with Crippen molar-refractivity contribution >= 4 is 85.6 Å². The van der Waals surface area contributed by atoms with E-state index in [0.717, 1.165) is 66.0 Å². The van der Waals surface area contributed by atoms with E-state index in [1.54, 1.807) is 6.20 Å². The first-order chi connectivity index (χ1) is 30.7. The second-order valence-electron chi connectivity index (χ2n) is 15.9. The third-order valence-electron chi connectivity index (χ3n) is 12.3. The Morgan fingerprint density at radius 2 is 1.06 bits per heavy atom. The average molecular weight is 808 g/mol. The van der Waals surface area contributed by atoms with E-state index in [0.29, 0.717) is 17.6 Å². The van der Waals surface area contributed by atoms with Crippen molar-refractivity contribution in [3.05, 3.63) is 200 Å². The Balaban J connectivity index is 1.08. The zero-order chi connectivity index (χ0) is 40.7. The fourth-order valence-electron chi connectivity index (χ4n) is 9.30. The van der Waals surface area contributed by atoms with Crippen LogP contribution >= 0.6 is 11.3 Å². The maximum absolute atomic E-state index is 5.40. The summed E-state index contributed by atoms with van der Waals surface area (Å²) in [5, 5.41) is 12.1. The van der Waals surface area contributed by atoms with Gasteiger partial charge in [0.2, 0.25) is 5.95 Å². The number of hydrogen-bond acceptors (Lipinski definition) is 5. The highest BCUT2D eigenvalue weighted by molar-refractivity contribution is 7.26. The first-order valence-corrected chi connectivity index (χ1v) is 21.6. The normalized spacial score (nSPS) is 11.9. The number of aromatic nitrogens is 5. The number of pyridine rings is 1. The van der Waals surface area contributed by atoms with Crippen LogP contribution in [-0.4, -0.2) is 24.5 Å². The van der Waals surface area contributed by atoms with Crippen molar-refractivity contribution in [1.29, 1.82) is 0 Å². The smallest absolute Gasteiger partial charge is 0.238 e. The SMILES string of the molecule is c1cncc(-c2ccc(-c3nc(-c4ccc5ccccc5c4)nc(-n4c5cc6ccccc6cc5c5cccc(-c6ccc7c(c6)sc6ccc8ccccc8c67)c54)n3)cc2)c1. The van der Waals surface area contributed by atoms with Gasteiger partial charge in [0, 0.05) is 60.0 Å². The summed E-state index contributed by atoms with van der Waals surface area (Å²) < 4.78 is 4.83. The Morgan fingerprint density at radius 1 is 0.387 bits per heavy atom. The van der Waals surface area contributed by atoms with Gasteiger partial charge in [-0.05, 0) is 85.4 Å². The first-order valence-electron chi connectivity index (χ1n) is 20.8. The van der Waals surface area contributed by atoms with Crippen LogP contribution < -0.4 is 0 Å². The molecule has 0 saturated heterocycles. The van der Waals surface area contributed by atoms with Crippen molar-refractivity contribution < 1.29 is 0 Å². The number of benzene rings is 9. The minimum absolute atomic E-state index is 0.562. The Bertz CT molecular complexity index is 3920. The van der Waals surface area contributed by atoms with E-state index in [-0.39, 0.29) is 0 Å². The lowest BCUT2D eigenvalue weighted by atomic mass is 9.99. The molecule has 0 radical (unpaired) electrons. The minimum atomic E-state index is 0.562. The van der Waals surface area contributed by atoms with E-state index in [1.807, 2.05) is 23.6 Å². The van der Waals surface area contributed by atoms with Crippen molar-refractivity contribution in [1.82, 2.24) is 24.5 Å². The summed E-state index contributed by atoms with van der Waals surface area (Å²) in [5.41, 5.74) is 8.30. The van der Waals surface area contributed by atoms with Gasteiger partial charge in [-0.1, -0.05) is 152 Å². The number of fused-ring (bicyclic) bond motifs is 10. The van der Waals surface area contributed by atoms with Crippen LogP contribution in [0.15, 0.2) is 200 Å². The van der Waals surface area contributed by atoms with Crippen molar-refractivity contribution in [2.45, 2.75) is 0 Å². The number of rotatable bonds is 5. The molecule has 13 rings (SSSR count).